The molecule has 2 rings (SSSR count). The van der Waals surface area contributed by atoms with E-state index < -0.39 is 0 Å². The maximum absolute atomic E-state index is 12.1. The number of hydrogen-bond acceptors (Lipinski definition) is 3. The van der Waals surface area contributed by atoms with Crippen molar-refractivity contribution in [2.75, 3.05) is 11.9 Å². The number of carbonyl (C=O) groups excluding carboxylic acids is 1. The summed E-state index contributed by atoms with van der Waals surface area (Å²) < 4.78 is 5.21. The van der Waals surface area contributed by atoms with Gasteiger partial charge in [0.15, 0.2) is 6.61 Å². The second-order valence-electron chi connectivity index (χ2n) is 4.98. The lowest BCUT2D eigenvalue weighted by Gasteiger charge is -2.15. The van der Waals surface area contributed by atoms with Crippen LogP contribution < -0.4 is 10.1 Å². The Bertz CT molecular complexity index is 493. The molecule has 0 bridgehead atoms. The first-order valence-electron chi connectivity index (χ1n) is 6.61. The number of ether oxygens (including phenoxy) is 1. The van der Waals surface area contributed by atoms with Crippen LogP contribution in [0, 0.1) is 23.2 Å². The van der Waals surface area contributed by atoms with Gasteiger partial charge in [-0.1, -0.05) is 19.4 Å². The fraction of sp³-hybridized carbons (Fsp3) is 0.467. The third-order valence-electron chi connectivity index (χ3n) is 3.60. The molecule has 1 N–H and O–H groups in total. The molecule has 0 spiro atoms. The summed E-state index contributed by atoms with van der Waals surface area (Å²) in [6.07, 6.45) is 3.23. The summed E-state index contributed by atoms with van der Waals surface area (Å²) in [5, 5.41) is 11.4. The molecule has 0 aromatic heterocycles. The summed E-state index contributed by atoms with van der Waals surface area (Å²) in [5.74, 6) is 1.25. The van der Waals surface area contributed by atoms with Crippen molar-refractivity contribution in [3.05, 3.63) is 24.3 Å². The van der Waals surface area contributed by atoms with Crippen LogP contribution in [0.2, 0.25) is 0 Å². The summed E-state index contributed by atoms with van der Waals surface area (Å²) in [6.45, 7) is 2.14. The minimum atomic E-state index is 0.0110. The summed E-state index contributed by atoms with van der Waals surface area (Å²) in [4.78, 5) is 12.1. The first kappa shape index (κ1) is 13.4. The van der Waals surface area contributed by atoms with E-state index in [1.807, 2.05) is 12.1 Å². The van der Waals surface area contributed by atoms with E-state index in [4.69, 9.17) is 10.00 Å². The highest BCUT2D eigenvalue weighted by atomic mass is 16.5. The normalized spacial score (nSPS) is 21.7. The van der Waals surface area contributed by atoms with Gasteiger partial charge in [0.1, 0.15) is 11.8 Å². The lowest BCUT2D eigenvalue weighted by atomic mass is 9.97. The predicted octanol–water partition coefficient (Wildman–Crippen LogP) is 2.96. The Morgan fingerprint density at radius 1 is 1.53 bits per heavy atom. The fourth-order valence-electron chi connectivity index (χ4n) is 2.55. The largest absolute Gasteiger partial charge is 0.479 e. The van der Waals surface area contributed by atoms with Crippen LogP contribution in [-0.4, -0.2) is 12.5 Å². The van der Waals surface area contributed by atoms with Crippen molar-refractivity contribution < 1.29 is 9.53 Å². The van der Waals surface area contributed by atoms with E-state index in [0.717, 1.165) is 24.9 Å². The number of benzene rings is 1. The van der Waals surface area contributed by atoms with Crippen LogP contribution in [0.3, 0.4) is 0 Å². The second-order valence-corrected chi connectivity index (χ2v) is 4.98. The highest BCUT2D eigenvalue weighted by molar-refractivity contribution is 5.93. The first-order chi connectivity index (χ1) is 9.20. The molecule has 1 aliphatic carbocycles. The SMILES string of the molecule is CC1CCCC1C(=O)Nc1cccc(OCC#N)c1. The predicted molar refractivity (Wildman–Crippen MR) is 72.7 cm³/mol. The maximum atomic E-state index is 12.1. The zero-order valence-corrected chi connectivity index (χ0v) is 11.1. The zero-order valence-electron chi connectivity index (χ0n) is 11.1. The Morgan fingerprint density at radius 2 is 2.37 bits per heavy atom. The molecular weight excluding hydrogens is 240 g/mol. The molecule has 100 valence electrons. The average molecular weight is 258 g/mol. The number of nitriles is 1. The monoisotopic (exact) mass is 258 g/mol. The van der Waals surface area contributed by atoms with Crippen LogP contribution in [0.15, 0.2) is 24.3 Å². The Hall–Kier alpha value is -2.02. The van der Waals surface area contributed by atoms with Gasteiger partial charge in [-0.3, -0.25) is 4.79 Å². The molecule has 1 aromatic carbocycles. The van der Waals surface area contributed by atoms with Gasteiger partial charge < -0.3 is 10.1 Å². The van der Waals surface area contributed by atoms with Crippen molar-refractivity contribution in [2.45, 2.75) is 26.2 Å². The van der Waals surface area contributed by atoms with Crippen LogP contribution in [0.4, 0.5) is 5.69 Å². The third kappa shape index (κ3) is 3.47. The van der Waals surface area contributed by atoms with Gasteiger partial charge >= 0.3 is 0 Å². The number of carbonyl (C=O) groups is 1. The summed E-state index contributed by atoms with van der Waals surface area (Å²) in [5.41, 5.74) is 0.722. The van der Waals surface area contributed by atoms with E-state index >= 15 is 0 Å². The molecular formula is C15H18N2O2. The van der Waals surface area contributed by atoms with Gasteiger partial charge in [-0.2, -0.15) is 5.26 Å². The van der Waals surface area contributed by atoms with Crippen molar-refractivity contribution in [3.63, 3.8) is 0 Å². The second kappa shape index (κ2) is 6.24. The number of nitrogens with one attached hydrogen (secondary N) is 1. The van der Waals surface area contributed by atoms with Crippen molar-refractivity contribution in [1.29, 1.82) is 5.26 Å². The van der Waals surface area contributed by atoms with E-state index in [1.54, 1.807) is 18.2 Å². The van der Waals surface area contributed by atoms with Gasteiger partial charge in [-0.25, -0.2) is 0 Å². The topological polar surface area (TPSA) is 62.1 Å². The van der Waals surface area contributed by atoms with Crippen molar-refractivity contribution in [3.8, 4) is 11.8 Å². The summed E-state index contributed by atoms with van der Waals surface area (Å²) in [7, 11) is 0. The lowest BCUT2D eigenvalue weighted by molar-refractivity contribution is -0.120. The molecule has 2 unspecified atom stereocenters. The molecule has 1 fully saturated rings. The molecule has 2 atom stereocenters. The Morgan fingerprint density at radius 3 is 3.05 bits per heavy atom. The zero-order chi connectivity index (χ0) is 13.7. The molecule has 19 heavy (non-hydrogen) atoms. The van der Waals surface area contributed by atoms with E-state index in [-0.39, 0.29) is 18.4 Å². The molecule has 0 saturated heterocycles. The van der Waals surface area contributed by atoms with E-state index in [9.17, 15) is 4.79 Å². The van der Waals surface area contributed by atoms with Crippen molar-refractivity contribution >= 4 is 11.6 Å². The van der Waals surface area contributed by atoms with Crippen LogP contribution in [-0.2, 0) is 4.79 Å². The van der Waals surface area contributed by atoms with Crippen LogP contribution in [0.25, 0.3) is 0 Å². The van der Waals surface area contributed by atoms with Gasteiger partial charge in [0.2, 0.25) is 5.91 Å². The number of nitrogens with zero attached hydrogens (tertiary/aromatic N) is 1. The maximum Gasteiger partial charge on any atom is 0.227 e. The van der Waals surface area contributed by atoms with Gasteiger partial charge in [0, 0.05) is 17.7 Å². The third-order valence-corrected chi connectivity index (χ3v) is 3.60. The van der Waals surface area contributed by atoms with Crippen molar-refractivity contribution in [1.82, 2.24) is 0 Å². The molecule has 0 aliphatic heterocycles. The number of anilines is 1. The fourth-order valence-corrected chi connectivity index (χ4v) is 2.55. The molecule has 0 heterocycles. The van der Waals surface area contributed by atoms with Gasteiger partial charge in [-0.05, 0) is 30.9 Å². The number of rotatable bonds is 4. The minimum Gasteiger partial charge on any atom is -0.479 e. The minimum absolute atomic E-state index is 0.0110. The highest BCUT2D eigenvalue weighted by Crippen LogP contribution is 2.32. The van der Waals surface area contributed by atoms with Crippen LogP contribution >= 0.6 is 0 Å². The van der Waals surface area contributed by atoms with Gasteiger partial charge in [-0.15, -0.1) is 0 Å². The Balaban J connectivity index is 1.98. The molecule has 1 amide bonds. The standard InChI is InChI=1S/C15H18N2O2/c1-11-4-2-7-14(11)15(18)17-12-5-3-6-13(10-12)19-9-8-16/h3,5-6,10-11,14H,2,4,7,9H2,1H3,(H,17,18). The summed E-state index contributed by atoms with van der Waals surface area (Å²) in [6, 6.07) is 9.07. The Labute approximate surface area is 113 Å². The quantitative estimate of drug-likeness (QED) is 0.903. The van der Waals surface area contributed by atoms with Gasteiger partial charge in [0.05, 0.1) is 0 Å². The number of hydrogen-bond donors (Lipinski definition) is 1. The number of amides is 1. The Kier molecular flexibility index (Phi) is 4.40. The van der Waals surface area contributed by atoms with E-state index in [1.165, 1.54) is 0 Å². The average Bonchev–Trinajstić information content (AvgIpc) is 2.83. The molecule has 4 heteroatoms. The van der Waals surface area contributed by atoms with Crippen LogP contribution in [0.1, 0.15) is 26.2 Å². The summed E-state index contributed by atoms with van der Waals surface area (Å²) >= 11 is 0. The van der Waals surface area contributed by atoms with Crippen molar-refractivity contribution in [2.24, 2.45) is 11.8 Å². The van der Waals surface area contributed by atoms with Crippen LogP contribution in [0.5, 0.6) is 5.75 Å². The van der Waals surface area contributed by atoms with E-state index in [2.05, 4.69) is 12.2 Å². The van der Waals surface area contributed by atoms with E-state index in [0.29, 0.717) is 11.7 Å². The highest BCUT2D eigenvalue weighted by Gasteiger charge is 2.29. The molecule has 1 aromatic rings. The molecule has 1 saturated carbocycles. The first-order valence-corrected chi connectivity index (χ1v) is 6.61. The molecule has 0 radical (unpaired) electrons. The van der Waals surface area contributed by atoms with Gasteiger partial charge in [0.25, 0.3) is 0 Å². The molecule has 1 aliphatic rings. The smallest absolute Gasteiger partial charge is 0.227 e. The molecule has 4 nitrogen and oxygen atoms in total. The lowest BCUT2D eigenvalue weighted by Crippen LogP contribution is -2.24.